The Morgan fingerprint density at radius 3 is 2.62 bits per heavy atom. The molecule has 172 valence electrons. The number of nitrogens with one attached hydrogen (secondary N) is 1. The van der Waals surface area contributed by atoms with Crippen LogP contribution in [0.5, 0.6) is 5.75 Å². The van der Waals surface area contributed by atoms with E-state index in [0.29, 0.717) is 12.0 Å². The van der Waals surface area contributed by atoms with Gasteiger partial charge in [0.2, 0.25) is 0 Å². The van der Waals surface area contributed by atoms with E-state index in [1.54, 1.807) is 0 Å². The van der Waals surface area contributed by atoms with E-state index in [0.717, 1.165) is 12.8 Å². The van der Waals surface area contributed by atoms with Crippen molar-refractivity contribution >= 4 is 29.0 Å². The minimum absolute atomic E-state index is 0.0118. The van der Waals surface area contributed by atoms with Crippen LogP contribution in [0.4, 0.5) is 5.69 Å². The molecule has 1 aromatic carbocycles. The average Bonchev–Trinajstić information content (AvgIpc) is 2.99. The standard InChI is InChI=1S/C23H27ClN2O6/c1-10-5-6-15-21(2,3)18(27)13(24)9-23(15)22(10,4)8-12-14(26(30)31)7-11-16(17(12)32-23)20(29)25-19(11)28/h7,10,13,15,20,29H,5-6,8-9H2,1-4H3,(H,25,28)/t10-,13+,15-,20+,22+,23-/m0/s1. The van der Waals surface area contributed by atoms with Crippen molar-refractivity contribution in [2.45, 2.75) is 70.6 Å². The van der Waals surface area contributed by atoms with Crippen molar-refractivity contribution < 1.29 is 24.4 Å². The van der Waals surface area contributed by atoms with Crippen LogP contribution in [-0.2, 0) is 11.2 Å². The van der Waals surface area contributed by atoms with E-state index in [1.807, 2.05) is 13.8 Å². The third-order valence-corrected chi connectivity index (χ3v) is 9.34. The van der Waals surface area contributed by atoms with Crippen LogP contribution in [0.1, 0.15) is 74.7 Å². The summed E-state index contributed by atoms with van der Waals surface area (Å²) < 4.78 is 6.81. The van der Waals surface area contributed by atoms with E-state index in [1.165, 1.54) is 6.07 Å². The molecule has 6 atom stereocenters. The molecule has 4 aliphatic rings. The molecule has 1 spiro atoms. The van der Waals surface area contributed by atoms with Crippen molar-refractivity contribution in [1.29, 1.82) is 0 Å². The first-order valence-corrected chi connectivity index (χ1v) is 11.5. The number of Topliss-reactive ketones (excluding diaryl/α,β-unsaturated/α-hetero) is 1. The predicted molar refractivity (Wildman–Crippen MR) is 116 cm³/mol. The van der Waals surface area contributed by atoms with Crippen molar-refractivity contribution in [3.05, 3.63) is 32.9 Å². The van der Waals surface area contributed by atoms with Crippen molar-refractivity contribution in [3.8, 4) is 5.75 Å². The van der Waals surface area contributed by atoms with Gasteiger partial charge >= 0.3 is 0 Å². The molecule has 32 heavy (non-hydrogen) atoms. The highest BCUT2D eigenvalue weighted by Crippen LogP contribution is 2.66. The number of benzene rings is 1. The van der Waals surface area contributed by atoms with E-state index < -0.39 is 38.9 Å². The van der Waals surface area contributed by atoms with Gasteiger partial charge in [0.25, 0.3) is 11.6 Å². The highest BCUT2D eigenvalue weighted by Gasteiger charge is 2.70. The maximum Gasteiger partial charge on any atom is 0.277 e. The number of hydrogen-bond donors (Lipinski definition) is 2. The fraction of sp³-hybridized carbons (Fsp3) is 0.652. The number of nitro groups is 1. The molecule has 0 saturated heterocycles. The maximum atomic E-state index is 13.1. The summed E-state index contributed by atoms with van der Waals surface area (Å²) in [6, 6.07) is 1.24. The Bertz CT molecular complexity index is 1090. The zero-order chi connectivity index (χ0) is 23.4. The monoisotopic (exact) mass is 462 g/mol. The van der Waals surface area contributed by atoms with Gasteiger partial charge in [-0.2, -0.15) is 0 Å². The highest BCUT2D eigenvalue weighted by atomic mass is 35.5. The lowest BCUT2D eigenvalue weighted by atomic mass is 9.44. The summed E-state index contributed by atoms with van der Waals surface area (Å²) in [4.78, 5) is 36.9. The first-order valence-electron chi connectivity index (χ1n) is 11.1. The molecule has 0 aromatic heterocycles. The number of amides is 1. The third-order valence-electron chi connectivity index (χ3n) is 8.99. The summed E-state index contributed by atoms with van der Waals surface area (Å²) >= 11 is 6.62. The number of hydrogen-bond acceptors (Lipinski definition) is 6. The molecular formula is C23H27ClN2O6. The molecule has 2 aliphatic heterocycles. The predicted octanol–water partition coefficient (Wildman–Crippen LogP) is 3.66. The van der Waals surface area contributed by atoms with Crippen molar-refractivity contribution in [3.63, 3.8) is 0 Å². The number of rotatable bonds is 1. The van der Waals surface area contributed by atoms with Gasteiger partial charge in [-0.1, -0.05) is 27.7 Å². The molecule has 2 heterocycles. The van der Waals surface area contributed by atoms with Crippen LogP contribution >= 0.6 is 11.6 Å². The molecule has 1 amide bonds. The summed E-state index contributed by atoms with van der Waals surface area (Å²) in [6.45, 7) is 8.02. The van der Waals surface area contributed by atoms with Crippen molar-refractivity contribution in [1.82, 2.24) is 5.32 Å². The zero-order valence-electron chi connectivity index (χ0n) is 18.5. The van der Waals surface area contributed by atoms with Crippen LogP contribution in [0, 0.1) is 32.8 Å². The number of carbonyl (C=O) groups excluding carboxylic acids is 2. The summed E-state index contributed by atoms with van der Waals surface area (Å²) in [7, 11) is 0. The van der Waals surface area contributed by atoms with E-state index in [9.17, 15) is 24.8 Å². The molecule has 1 aromatic rings. The SMILES string of the molecule is C[C@H]1CC[C@H]2C(C)(C)C(=O)[C@H](Cl)C[C@]23Oc2c(c([N+](=O)[O-])cc4c2[C@@H](O)NC4=O)C[C@]13C. The zero-order valence-corrected chi connectivity index (χ0v) is 19.3. The molecule has 0 unspecified atom stereocenters. The number of carbonyl (C=O) groups is 2. The molecule has 2 aliphatic carbocycles. The summed E-state index contributed by atoms with van der Waals surface area (Å²) in [5.74, 6) is -0.370. The first kappa shape index (κ1) is 21.6. The normalized spacial score (nSPS) is 39.2. The number of ether oxygens (including phenoxy) is 1. The Morgan fingerprint density at radius 1 is 1.28 bits per heavy atom. The van der Waals surface area contributed by atoms with E-state index in [2.05, 4.69) is 19.2 Å². The van der Waals surface area contributed by atoms with E-state index in [-0.39, 0.29) is 46.6 Å². The molecule has 8 nitrogen and oxygen atoms in total. The quantitative estimate of drug-likeness (QED) is 0.373. The smallest absolute Gasteiger partial charge is 0.277 e. The van der Waals surface area contributed by atoms with Crippen molar-refractivity contribution in [2.75, 3.05) is 0 Å². The maximum absolute atomic E-state index is 13.1. The number of halogens is 1. The lowest BCUT2D eigenvalue weighted by Gasteiger charge is -2.66. The van der Waals surface area contributed by atoms with Gasteiger partial charge in [0.1, 0.15) is 11.4 Å². The third kappa shape index (κ3) is 2.42. The van der Waals surface area contributed by atoms with Crippen LogP contribution < -0.4 is 10.1 Å². The number of nitro benzene ring substituents is 1. The van der Waals surface area contributed by atoms with Crippen LogP contribution in [0.25, 0.3) is 0 Å². The van der Waals surface area contributed by atoms with Gasteiger partial charge in [0.05, 0.1) is 27.0 Å². The summed E-state index contributed by atoms with van der Waals surface area (Å²) in [5.41, 5.74) is -1.60. The Kier molecular flexibility index (Phi) is 4.36. The lowest BCUT2D eigenvalue weighted by molar-refractivity contribution is -0.386. The molecule has 0 radical (unpaired) electrons. The largest absolute Gasteiger partial charge is 0.485 e. The van der Waals surface area contributed by atoms with Gasteiger partial charge in [-0.05, 0) is 25.2 Å². The molecule has 2 saturated carbocycles. The minimum Gasteiger partial charge on any atom is -0.485 e. The van der Waals surface area contributed by atoms with Crippen LogP contribution in [0.15, 0.2) is 6.07 Å². The average molecular weight is 463 g/mol. The van der Waals surface area contributed by atoms with Gasteiger partial charge in [0.15, 0.2) is 12.0 Å². The Labute approximate surface area is 190 Å². The lowest BCUT2D eigenvalue weighted by Crippen LogP contribution is -2.71. The number of alkyl halides is 1. The van der Waals surface area contributed by atoms with Gasteiger partial charge in [-0.15, -0.1) is 11.6 Å². The fourth-order valence-corrected chi connectivity index (χ4v) is 7.54. The van der Waals surface area contributed by atoms with E-state index >= 15 is 0 Å². The molecule has 9 heteroatoms. The number of ketones is 1. The Morgan fingerprint density at radius 2 is 1.97 bits per heavy atom. The number of nitrogens with zero attached hydrogens (tertiary/aromatic N) is 1. The van der Waals surface area contributed by atoms with Gasteiger partial charge < -0.3 is 15.2 Å². The molecule has 0 bridgehead atoms. The Hall–Kier alpha value is -2.19. The molecule has 2 fully saturated rings. The second-order valence-electron chi connectivity index (χ2n) is 10.7. The molecular weight excluding hydrogens is 436 g/mol. The topological polar surface area (TPSA) is 119 Å². The summed E-state index contributed by atoms with van der Waals surface area (Å²) in [5, 5.41) is 24.2. The minimum atomic E-state index is -1.31. The van der Waals surface area contributed by atoms with E-state index in [4.69, 9.17) is 16.3 Å². The second kappa shape index (κ2) is 6.44. The number of aliphatic hydroxyl groups is 1. The van der Waals surface area contributed by atoms with Crippen molar-refractivity contribution in [2.24, 2.45) is 22.7 Å². The second-order valence-corrected chi connectivity index (χ2v) is 11.2. The summed E-state index contributed by atoms with van der Waals surface area (Å²) in [6.07, 6.45) is 0.963. The van der Waals surface area contributed by atoms with Gasteiger partial charge in [0, 0.05) is 29.2 Å². The Balaban J connectivity index is 1.81. The first-order chi connectivity index (χ1) is 14.8. The van der Waals surface area contributed by atoms with Gasteiger partial charge in [-0.3, -0.25) is 19.7 Å². The van der Waals surface area contributed by atoms with Gasteiger partial charge in [-0.25, -0.2) is 0 Å². The molecule has 5 rings (SSSR count). The van der Waals surface area contributed by atoms with Crippen LogP contribution in [0.2, 0.25) is 0 Å². The number of aliphatic hydroxyl groups excluding tert-OH is 1. The van der Waals surface area contributed by atoms with Crippen LogP contribution in [-0.4, -0.2) is 32.7 Å². The fourth-order valence-electron chi connectivity index (χ4n) is 7.03. The highest BCUT2D eigenvalue weighted by molar-refractivity contribution is 6.32. The number of fused-ring (bicyclic) bond motifs is 3. The molecule has 2 N–H and O–H groups in total. The van der Waals surface area contributed by atoms with Crippen LogP contribution in [0.3, 0.4) is 0 Å².